The van der Waals surface area contributed by atoms with Crippen LogP contribution in [0, 0.1) is 0 Å². The molecule has 0 radical (unpaired) electrons. The fraction of sp³-hybridized carbons (Fsp3) is 0.353. The number of amides is 3. The third kappa shape index (κ3) is 4.97. The average Bonchev–Trinajstić information content (AvgIpc) is 3.11. The number of aromatic nitrogens is 2. The molecule has 3 rings (SSSR count). The lowest BCUT2D eigenvalue weighted by Gasteiger charge is -2.22. The van der Waals surface area contributed by atoms with Gasteiger partial charge in [0.2, 0.25) is 5.91 Å². The first-order valence-electron chi connectivity index (χ1n) is 8.26. The lowest BCUT2D eigenvalue weighted by molar-refractivity contribution is -0.124. The fourth-order valence-electron chi connectivity index (χ4n) is 2.59. The number of piperidine rings is 1. The van der Waals surface area contributed by atoms with Crippen LogP contribution in [0.2, 0.25) is 0 Å². The summed E-state index contributed by atoms with van der Waals surface area (Å²) >= 11 is 0. The van der Waals surface area contributed by atoms with Crippen LogP contribution in [0.5, 0.6) is 5.75 Å². The van der Waals surface area contributed by atoms with Crippen LogP contribution in [0.25, 0.3) is 0 Å². The van der Waals surface area contributed by atoms with Crippen LogP contribution in [0.15, 0.2) is 42.7 Å². The Morgan fingerprint density at radius 1 is 1.40 bits per heavy atom. The van der Waals surface area contributed by atoms with Gasteiger partial charge in [0.25, 0.3) is 0 Å². The predicted octanol–water partition coefficient (Wildman–Crippen LogP) is 1.36. The maximum absolute atomic E-state index is 12.1. The molecule has 8 heteroatoms. The molecule has 1 unspecified atom stereocenters. The first-order chi connectivity index (χ1) is 12.2. The number of anilines is 1. The van der Waals surface area contributed by atoms with Crippen LogP contribution in [0.4, 0.5) is 10.5 Å². The monoisotopic (exact) mass is 343 g/mol. The van der Waals surface area contributed by atoms with Gasteiger partial charge in [-0.25, -0.2) is 4.79 Å². The number of carbonyl (C=O) groups excluding carboxylic acids is 2. The molecule has 1 aromatic heterocycles. The smallest absolute Gasteiger partial charge is 0.319 e. The van der Waals surface area contributed by atoms with E-state index in [1.165, 1.54) is 0 Å². The van der Waals surface area contributed by atoms with Crippen LogP contribution >= 0.6 is 0 Å². The molecule has 1 aliphatic heterocycles. The molecule has 0 saturated carbocycles. The van der Waals surface area contributed by atoms with Gasteiger partial charge in [0.05, 0.1) is 6.54 Å². The summed E-state index contributed by atoms with van der Waals surface area (Å²) in [5, 5.41) is 12.3. The summed E-state index contributed by atoms with van der Waals surface area (Å²) in [6.07, 6.45) is 5.09. The van der Waals surface area contributed by atoms with Crippen molar-refractivity contribution in [1.82, 2.24) is 20.4 Å². The average molecular weight is 343 g/mol. The van der Waals surface area contributed by atoms with E-state index < -0.39 is 12.1 Å². The minimum absolute atomic E-state index is 0.142. The number of ether oxygens (including phenoxy) is 1. The summed E-state index contributed by atoms with van der Waals surface area (Å²) in [5.41, 5.74) is 0.602. The molecule has 2 heterocycles. The van der Waals surface area contributed by atoms with Crippen molar-refractivity contribution in [2.75, 3.05) is 18.5 Å². The zero-order valence-electron chi connectivity index (χ0n) is 13.8. The summed E-state index contributed by atoms with van der Waals surface area (Å²) in [6, 6.07) is 8.09. The zero-order chi connectivity index (χ0) is 17.5. The third-order valence-corrected chi connectivity index (χ3v) is 3.83. The molecule has 0 spiro atoms. The van der Waals surface area contributed by atoms with E-state index in [1.807, 2.05) is 18.3 Å². The number of carbonyl (C=O) groups is 2. The van der Waals surface area contributed by atoms with Crippen LogP contribution in [-0.4, -0.2) is 40.9 Å². The van der Waals surface area contributed by atoms with Crippen LogP contribution < -0.4 is 20.7 Å². The first-order valence-corrected chi connectivity index (χ1v) is 8.26. The molecule has 1 saturated heterocycles. The van der Waals surface area contributed by atoms with Gasteiger partial charge in [0, 0.05) is 30.7 Å². The van der Waals surface area contributed by atoms with Crippen molar-refractivity contribution in [2.24, 2.45) is 0 Å². The Morgan fingerprint density at radius 2 is 2.32 bits per heavy atom. The fourth-order valence-corrected chi connectivity index (χ4v) is 2.59. The highest BCUT2D eigenvalue weighted by molar-refractivity contribution is 5.94. The van der Waals surface area contributed by atoms with Gasteiger partial charge in [-0.2, -0.15) is 5.10 Å². The van der Waals surface area contributed by atoms with Crippen LogP contribution in [0.3, 0.4) is 0 Å². The second kappa shape index (κ2) is 8.18. The number of nitrogens with zero attached hydrogens (tertiary/aromatic N) is 2. The molecule has 0 aliphatic carbocycles. The van der Waals surface area contributed by atoms with E-state index >= 15 is 0 Å². The molecule has 3 amide bonds. The summed E-state index contributed by atoms with van der Waals surface area (Å²) in [6.45, 7) is 1.78. The highest BCUT2D eigenvalue weighted by atomic mass is 16.5. The Morgan fingerprint density at radius 3 is 3.12 bits per heavy atom. The summed E-state index contributed by atoms with van der Waals surface area (Å²) in [4.78, 5) is 23.7. The number of nitrogens with one attached hydrogen (secondary N) is 3. The largest absolute Gasteiger partial charge is 0.492 e. The molecule has 8 nitrogen and oxygen atoms in total. The number of hydrogen-bond donors (Lipinski definition) is 3. The minimum atomic E-state index is -0.484. The van der Waals surface area contributed by atoms with E-state index in [0.717, 1.165) is 6.42 Å². The molecule has 1 atom stereocenters. The molecular weight excluding hydrogens is 322 g/mol. The lowest BCUT2D eigenvalue weighted by atomic mass is 10.1. The third-order valence-electron chi connectivity index (χ3n) is 3.83. The Balaban J connectivity index is 1.48. The van der Waals surface area contributed by atoms with Gasteiger partial charge in [0.1, 0.15) is 18.4 Å². The molecular formula is C17H21N5O3. The van der Waals surface area contributed by atoms with Crippen molar-refractivity contribution in [3.8, 4) is 5.75 Å². The number of hydrogen-bond acceptors (Lipinski definition) is 4. The maximum Gasteiger partial charge on any atom is 0.319 e. The molecule has 2 aromatic rings. The van der Waals surface area contributed by atoms with E-state index in [4.69, 9.17) is 4.74 Å². The Kier molecular flexibility index (Phi) is 5.50. The number of urea groups is 1. The van der Waals surface area contributed by atoms with E-state index in [0.29, 0.717) is 37.6 Å². The number of benzene rings is 1. The van der Waals surface area contributed by atoms with Gasteiger partial charge in [-0.15, -0.1) is 0 Å². The van der Waals surface area contributed by atoms with Crippen molar-refractivity contribution in [1.29, 1.82) is 0 Å². The second-order valence-electron chi connectivity index (χ2n) is 5.73. The quantitative estimate of drug-likeness (QED) is 0.738. The zero-order valence-corrected chi connectivity index (χ0v) is 13.8. The van der Waals surface area contributed by atoms with Gasteiger partial charge in [-0.3, -0.25) is 9.48 Å². The van der Waals surface area contributed by atoms with Crippen molar-refractivity contribution in [3.05, 3.63) is 42.7 Å². The standard InChI is InChI=1S/C17H21N5O3/c23-16-15(6-2-7-18-16)21-17(24)20-13-4-1-5-14(12-13)25-11-10-22-9-3-8-19-22/h1,3-5,8-9,12,15H,2,6-7,10-11H2,(H,18,23)(H2,20,21,24). The van der Waals surface area contributed by atoms with Crippen molar-refractivity contribution in [2.45, 2.75) is 25.4 Å². The van der Waals surface area contributed by atoms with Crippen molar-refractivity contribution in [3.63, 3.8) is 0 Å². The van der Waals surface area contributed by atoms with Gasteiger partial charge in [-0.05, 0) is 31.0 Å². The SMILES string of the molecule is O=C(Nc1cccc(OCCn2cccn2)c1)NC1CCCNC1=O. The second-order valence-corrected chi connectivity index (χ2v) is 5.73. The van der Waals surface area contributed by atoms with E-state index in [1.54, 1.807) is 29.1 Å². The van der Waals surface area contributed by atoms with Crippen LogP contribution in [-0.2, 0) is 11.3 Å². The Bertz CT molecular complexity index is 717. The van der Waals surface area contributed by atoms with Crippen molar-refractivity contribution >= 4 is 17.6 Å². The molecule has 25 heavy (non-hydrogen) atoms. The lowest BCUT2D eigenvalue weighted by Crippen LogP contribution is -2.51. The normalized spacial score (nSPS) is 16.8. The van der Waals surface area contributed by atoms with E-state index in [-0.39, 0.29) is 5.91 Å². The predicted molar refractivity (Wildman–Crippen MR) is 92.4 cm³/mol. The van der Waals surface area contributed by atoms with E-state index in [2.05, 4.69) is 21.0 Å². The van der Waals surface area contributed by atoms with Crippen LogP contribution in [0.1, 0.15) is 12.8 Å². The Hall–Kier alpha value is -3.03. The number of rotatable bonds is 6. The highest BCUT2D eigenvalue weighted by Gasteiger charge is 2.23. The topological polar surface area (TPSA) is 97.3 Å². The summed E-state index contributed by atoms with van der Waals surface area (Å²) in [7, 11) is 0. The highest BCUT2D eigenvalue weighted by Crippen LogP contribution is 2.17. The molecule has 3 N–H and O–H groups in total. The van der Waals surface area contributed by atoms with Gasteiger partial charge in [-0.1, -0.05) is 6.07 Å². The summed E-state index contributed by atoms with van der Waals surface area (Å²) < 4.78 is 7.45. The summed E-state index contributed by atoms with van der Waals surface area (Å²) in [5.74, 6) is 0.512. The first kappa shape index (κ1) is 16.8. The molecule has 1 aromatic carbocycles. The minimum Gasteiger partial charge on any atom is -0.492 e. The van der Waals surface area contributed by atoms with Gasteiger partial charge < -0.3 is 20.7 Å². The van der Waals surface area contributed by atoms with Crippen molar-refractivity contribution < 1.29 is 14.3 Å². The van der Waals surface area contributed by atoms with E-state index in [9.17, 15) is 9.59 Å². The molecule has 132 valence electrons. The van der Waals surface area contributed by atoms with Gasteiger partial charge in [0.15, 0.2) is 0 Å². The maximum atomic E-state index is 12.1. The molecule has 0 bridgehead atoms. The molecule has 1 aliphatic rings. The molecule has 1 fully saturated rings. The Labute approximate surface area is 145 Å². The van der Waals surface area contributed by atoms with Gasteiger partial charge >= 0.3 is 6.03 Å².